The number of halogens is 1. The Labute approximate surface area is 144 Å². The Morgan fingerprint density at radius 1 is 1.38 bits per heavy atom. The van der Waals surface area contributed by atoms with Crippen LogP contribution in [0.3, 0.4) is 0 Å². The zero-order valence-electron chi connectivity index (χ0n) is 13.3. The molecule has 8 heteroatoms. The first-order chi connectivity index (χ1) is 11.3. The van der Waals surface area contributed by atoms with Gasteiger partial charge in [0.2, 0.25) is 5.95 Å². The van der Waals surface area contributed by atoms with Crippen LogP contribution in [0.25, 0.3) is 17.1 Å². The minimum Gasteiger partial charge on any atom is -0.368 e. The van der Waals surface area contributed by atoms with E-state index in [2.05, 4.69) is 21.6 Å². The monoisotopic (exact) mass is 344 g/mol. The van der Waals surface area contributed by atoms with Gasteiger partial charge in [-0.3, -0.25) is 4.79 Å². The van der Waals surface area contributed by atoms with E-state index in [9.17, 15) is 4.79 Å². The van der Waals surface area contributed by atoms with Gasteiger partial charge in [-0.1, -0.05) is 24.3 Å². The lowest BCUT2D eigenvalue weighted by molar-refractivity contribution is 0.0993. The van der Waals surface area contributed by atoms with Crippen LogP contribution < -0.4 is 11.5 Å². The van der Waals surface area contributed by atoms with Gasteiger partial charge >= 0.3 is 0 Å². The van der Waals surface area contributed by atoms with Crippen molar-refractivity contribution in [2.24, 2.45) is 5.73 Å². The Bertz CT molecular complexity index is 861. The van der Waals surface area contributed by atoms with Crippen molar-refractivity contribution in [3.8, 4) is 11.4 Å². The zero-order chi connectivity index (χ0) is 17.9. The van der Waals surface area contributed by atoms with Crippen molar-refractivity contribution in [1.82, 2.24) is 19.7 Å². The smallest absolute Gasteiger partial charge is 0.267 e. The molecule has 24 heavy (non-hydrogen) atoms. The molecular weight excluding hydrogens is 328 g/mol. The van der Waals surface area contributed by atoms with E-state index in [1.165, 1.54) is 16.9 Å². The molecule has 7 nitrogen and oxygen atoms in total. The van der Waals surface area contributed by atoms with E-state index in [0.717, 1.165) is 5.57 Å². The number of rotatable bonds is 5. The summed E-state index contributed by atoms with van der Waals surface area (Å²) in [5.41, 5.74) is 13.5. The first-order valence-electron chi connectivity index (χ1n) is 6.99. The fourth-order valence-corrected chi connectivity index (χ4v) is 2.12. The van der Waals surface area contributed by atoms with Gasteiger partial charge in [0.05, 0.1) is 11.4 Å². The Hall–Kier alpha value is -2.93. The van der Waals surface area contributed by atoms with Gasteiger partial charge in [0, 0.05) is 11.2 Å². The van der Waals surface area contributed by atoms with Gasteiger partial charge in [0.15, 0.2) is 0 Å². The molecule has 2 rings (SSSR count). The van der Waals surface area contributed by atoms with Gasteiger partial charge in [-0.05, 0) is 37.6 Å². The van der Waals surface area contributed by atoms with E-state index in [1.807, 2.05) is 6.92 Å². The minimum absolute atomic E-state index is 0.109. The summed E-state index contributed by atoms with van der Waals surface area (Å²) in [5.74, 6) is -0.525. The first-order valence-corrected chi connectivity index (χ1v) is 7.37. The number of anilines is 1. The maximum atomic E-state index is 11.8. The number of nitrogens with two attached hydrogens (primary N) is 2. The number of aromatic nitrogens is 4. The molecule has 1 amide bonds. The summed E-state index contributed by atoms with van der Waals surface area (Å²) in [5, 5.41) is 4.94. The number of amides is 1. The Morgan fingerprint density at radius 3 is 2.62 bits per heavy atom. The van der Waals surface area contributed by atoms with E-state index >= 15 is 0 Å². The number of nitrogens with zero attached hydrogens (tertiary/aromatic N) is 4. The number of primary amides is 1. The molecule has 0 radical (unpaired) electrons. The molecule has 0 aliphatic carbocycles. The molecule has 0 saturated carbocycles. The van der Waals surface area contributed by atoms with Crippen molar-refractivity contribution in [3.63, 3.8) is 0 Å². The Balaban J connectivity index is 2.71. The summed E-state index contributed by atoms with van der Waals surface area (Å²) in [4.78, 5) is 19.8. The lowest BCUT2D eigenvalue weighted by Crippen LogP contribution is -2.17. The highest BCUT2D eigenvalue weighted by molar-refractivity contribution is 6.29. The van der Waals surface area contributed by atoms with E-state index in [1.54, 1.807) is 25.1 Å². The lowest BCUT2D eigenvalue weighted by Gasteiger charge is -2.09. The zero-order valence-corrected chi connectivity index (χ0v) is 14.1. The minimum atomic E-state index is -0.634. The molecule has 124 valence electrons. The molecule has 0 aliphatic heterocycles. The molecule has 0 atom stereocenters. The molecule has 0 aliphatic rings. The number of nitrogen functional groups attached to an aromatic ring is 1. The van der Waals surface area contributed by atoms with Crippen LogP contribution in [0.4, 0.5) is 5.95 Å². The van der Waals surface area contributed by atoms with E-state index < -0.39 is 5.91 Å². The van der Waals surface area contributed by atoms with Crippen LogP contribution >= 0.6 is 11.6 Å². The number of allylic oxidation sites excluding steroid dienone is 5. The molecule has 2 aromatic rings. The van der Waals surface area contributed by atoms with E-state index in [0.29, 0.717) is 22.1 Å². The molecule has 0 fully saturated rings. The maximum Gasteiger partial charge on any atom is 0.267 e. The van der Waals surface area contributed by atoms with Crippen LogP contribution in [0.15, 0.2) is 47.7 Å². The summed E-state index contributed by atoms with van der Waals surface area (Å²) in [7, 11) is 0. The van der Waals surface area contributed by atoms with Crippen molar-refractivity contribution in [1.29, 1.82) is 0 Å². The number of hydrogen-bond donors (Lipinski definition) is 2. The number of carbonyl (C=O) groups is 1. The van der Waals surface area contributed by atoms with Gasteiger partial charge in [-0.25, -0.2) is 14.6 Å². The standard InChI is InChI=1S/C16H17ClN6O/c1-4-9(2)13(7-10(3)17)23-14(15(18)24)8-12(22-23)11-5-6-20-16(19)21-11/h4-8H,1H2,2-3H3,(H2,18,24)(H2,19,20,21)/b10-7+,13-9+. The fraction of sp³-hybridized carbons (Fsp3) is 0.125. The van der Waals surface area contributed by atoms with E-state index in [-0.39, 0.29) is 11.6 Å². The molecule has 2 heterocycles. The Kier molecular flexibility index (Phi) is 5.15. The van der Waals surface area contributed by atoms with Crippen molar-refractivity contribution in [2.75, 3.05) is 5.73 Å². The van der Waals surface area contributed by atoms with Crippen LogP contribution in [-0.2, 0) is 0 Å². The third-order valence-corrected chi connectivity index (χ3v) is 3.28. The third kappa shape index (κ3) is 3.69. The van der Waals surface area contributed by atoms with Gasteiger partial charge < -0.3 is 11.5 Å². The molecule has 0 spiro atoms. The first kappa shape index (κ1) is 17.4. The molecule has 0 bridgehead atoms. The second-order valence-electron chi connectivity index (χ2n) is 4.99. The number of carbonyl (C=O) groups excluding carboxylic acids is 1. The highest BCUT2D eigenvalue weighted by Crippen LogP contribution is 2.23. The fourth-order valence-electron chi connectivity index (χ4n) is 2.02. The maximum absolute atomic E-state index is 11.8. The average Bonchev–Trinajstić information content (AvgIpc) is 2.97. The Morgan fingerprint density at radius 2 is 2.08 bits per heavy atom. The second kappa shape index (κ2) is 7.10. The van der Waals surface area contributed by atoms with Crippen LogP contribution in [0.2, 0.25) is 0 Å². The summed E-state index contributed by atoms with van der Waals surface area (Å²) in [6, 6.07) is 3.18. The van der Waals surface area contributed by atoms with Gasteiger partial charge in [0.25, 0.3) is 5.91 Å². The predicted octanol–water partition coefficient (Wildman–Crippen LogP) is 2.58. The quantitative estimate of drug-likeness (QED) is 0.809. The third-order valence-electron chi connectivity index (χ3n) is 3.17. The van der Waals surface area contributed by atoms with Crippen LogP contribution in [0.1, 0.15) is 24.3 Å². The van der Waals surface area contributed by atoms with Crippen LogP contribution in [0.5, 0.6) is 0 Å². The molecular formula is C16H17ClN6O. The summed E-state index contributed by atoms with van der Waals surface area (Å²) in [6.45, 7) is 7.29. The summed E-state index contributed by atoms with van der Waals surface area (Å²) in [6.07, 6.45) is 4.83. The van der Waals surface area contributed by atoms with Crippen LogP contribution in [0, 0.1) is 0 Å². The van der Waals surface area contributed by atoms with Crippen LogP contribution in [-0.4, -0.2) is 25.7 Å². The van der Waals surface area contributed by atoms with Gasteiger partial charge in [-0.2, -0.15) is 5.10 Å². The summed E-state index contributed by atoms with van der Waals surface area (Å²) < 4.78 is 1.42. The highest BCUT2D eigenvalue weighted by Gasteiger charge is 2.18. The predicted molar refractivity (Wildman–Crippen MR) is 94.9 cm³/mol. The average molecular weight is 345 g/mol. The molecule has 2 aromatic heterocycles. The molecule has 0 saturated heterocycles. The van der Waals surface area contributed by atoms with Gasteiger partial charge in [0.1, 0.15) is 11.4 Å². The van der Waals surface area contributed by atoms with Crippen molar-refractivity contribution < 1.29 is 4.79 Å². The van der Waals surface area contributed by atoms with Crippen molar-refractivity contribution in [3.05, 3.63) is 53.4 Å². The normalized spacial score (nSPS) is 12.7. The summed E-state index contributed by atoms with van der Waals surface area (Å²) >= 11 is 6.00. The van der Waals surface area contributed by atoms with E-state index in [4.69, 9.17) is 23.1 Å². The second-order valence-corrected chi connectivity index (χ2v) is 5.59. The SMILES string of the molecule is C=C/C(C)=C(\C=C(/C)Cl)n1nc(-c2ccnc(N)n2)cc1C(N)=O. The highest BCUT2D eigenvalue weighted by atomic mass is 35.5. The van der Waals surface area contributed by atoms with Crippen molar-refractivity contribution >= 4 is 29.2 Å². The lowest BCUT2D eigenvalue weighted by atomic mass is 10.2. The molecule has 0 aromatic carbocycles. The van der Waals surface area contributed by atoms with Crippen molar-refractivity contribution in [2.45, 2.75) is 13.8 Å². The van der Waals surface area contributed by atoms with Gasteiger partial charge in [-0.15, -0.1) is 0 Å². The topological polar surface area (TPSA) is 113 Å². The number of hydrogen-bond acceptors (Lipinski definition) is 5. The molecule has 4 N–H and O–H groups in total. The molecule has 0 unspecified atom stereocenters. The largest absolute Gasteiger partial charge is 0.368 e.